The van der Waals surface area contributed by atoms with Crippen LogP contribution in [0.4, 0.5) is 11.4 Å². The molecule has 52 heavy (non-hydrogen) atoms. The van der Waals surface area contributed by atoms with E-state index in [-0.39, 0.29) is 11.6 Å². The number of halogens is 2. The molecule has 2 aliphatic carbocycles. The van der Waals surface area contributed by atoms with Gasteiger partial charge in [0.25, 0.3) is 11.8 Å². The van der Waals surface area contributed by atoms with Crippen molar-refractivity contribution in [2.45, 2.75) is 82.5 Å². The highest BCUT2D eigenvalue weighted by atomic mass is 35.5. The summed E-state index contributed by atoms with van der Waals surface area (Å²) in [4.78, 5) is 52.3. The number of carboxylic acid groups (broad SMARTS) is 1. The molecule has 0 spiro atoms. The van der Waals surface area contributed by atoms with Gasteiger partial charge in [-0.2, -0.15) is 0 Å². The highest BCUT2D eigenvalue weighted by Crippen LogP contribution is 2.43. The van der Waals surface area contributed by atoms with Gasteiger partial charge in [-0.1, -0.05) is 53.9 Å². The van der Waals surface area contributed by atoms with Crippen molar-refractivity contribution < 1.29 is 19.5 Å². The second kappa shape index (κ2) is 14.6. The summed E-state index contributed by atoms with van der Waals surface area (Å²) in [6.07, 6.45) is 11.5. The number of aliphatic carboxylic acids is 1. The van der Waals surface area contributed by atoms with Crippen molar-refractivity contribution in [1.29, 1.82) is 0 Å². The van der Waals surface area contributed by atoms with Crippen molar-refractivity contribution in [2.24, 2.45) is 0 Å². The lowest BCUT2D eigenvalue weighted by Gasteiger charge is -2.33. The minimum atomic E-state index is -0.795. The van der Waals surface area contributed by atoms with Crippen molar-refractivity contribution >= 4 is 52.4 Å². The summed E-state index contributed by atoms with van der Waals surface area (Å²) in [5.41, 5.74) is 6.95. The van der Waals surface area contributed by atoms with E-state index in [9.17, 15) is 19.5 Å². The van der Waals surface area contributed by atoms with Gasteiger partial charge in [-0.05, 0) is 104 Å². The normalized spacial score (nSPS) is 19.2. The third-order valence-electron chi connectivity index (χ3n) is 10.7. The fraction of sp³-hybridized carbons (Fsp3) is 0.375. The Morgan fingerprint density at radius 3 is 2.08 bits per heavy atom. The van der Waals surface area contributed by atoms with Gasteiger partial charge in [0, 0.05) is 49.2 Å². The van der Waals surface area contributed by atoms with Gasteiger partial charge in [0.1, 0.15) is 17.4 Å². The average molecular weight is 740 g/mol. The third kappa shape index (κ3) is 7.30. The zero-order valence-electron chi connectivity index (χ0n) is 28.7. The Morgan fingerprint density at radius 2 is 1.44 bits per heavy atom. The van der Waals surface area contributed by atoms with Gasteiger partial charge in [0.2, 0.25) is 0 Å². The molecular weight excluding hydrogens is 699 g/mol. The molecule has 8 rings (SSSR count). The molecule has 2 saturated carbocycles. The summed E-state index contributed by atoms with van der Waals surface area (Å²) < 4.78 is 0. The van der Waals surface area contributed by atoms with Crippen LogP contribution in [0.5, 0.6) is 0 Å². The highest BCUT2D eigenvalue weighted by molar-refractivity contribution is 6.40. The van der Waals surface area contributed by atoms with Crippen LogP contribution < -0.4 is 10.6 Å². The van der Waals surface area contributed by atoms with Crippen LogP contribution in [-0.4, -0.2) is 67.8 Å². The number of hydrogen-bond acceptors (Lipinski definition) is 7. The van der Waals surface area contributed by atoms with Gasteiger partial charge in [0.15, 0.2) is 0 Å². The number of likely N-dealkylation sites (tertiary alicyclic amines) is 1. The Labute approximate surface area is 312 Å². The standard InChI is InChI=1S/C40H40Cl2N6O4/c41-36-28(5-3-7-31(36)45-38(49)33-17-24-14-16-47(27-12-13-27)21-25(24)19-43-33)29-6-4-8-32(37(29)42)46-39(50)34-18-30(23-10-11-23)26(20-44-34)22-48-15-2-1-9-35(48)40(51)52/h3-8,17-20,23,27,35H,1-2,9-16,21-22H2,(H,45,49)(H,46,50)(H,51,52). The van der Waals surface area contributed by atoms with E-state index in [1.807, 2.05) is 35.4 Å². The molecule has 10 nitrogen and oxygen atoms in total. The molecule has 0 bridgehead atoms. The van der Waals surface area contributed by atoms with Crippen LogP contribution in [0.2, 0.25) is 10.0 Å². The van der Waals surface area contributed by atoms with Crippen LogP contribution in [0.25, 0.3) is 11.1 Å². The van der Waals surface area contributed by atoms with Gasteiger partial charge >= 0.3 is 5.97 Å². The van der Waals surface area contributed by atoms with E-state index in [1.165, 1.54) is 18.4 Å². The first-order chi connectivity index (χ1) is 25.2. The first-order valence-corrected chi connectivity index (χ1v) is 18.9. The van der Waals surface area contributed by atoms with Gasteiger partial charge in [0.05, 0.1) is 21.4 Å². The second-order valence-electron chi connectivity index (χ2n) is 14.4. The number of hydrogen-bond donors (Lipinski definition) is 3. The molecule has 268 valence electrons. The number of anilines is 2. The maximum atomic E-state index is 13.6. The molecular formula is C40H40Cl2N6O4. The molecule has 2 amide bonds. The number of carbonyl (C=O) groups is 3. The number of amides is 2. The number of nitrogens with zero attached hydrogens (tertiary/aromatic N) is 4. The van der Waals surface area contributed by atoms with Crippen LogP contribution >= 0.6 is 23.2 Å². The lowest BCUT2D eigenvalue weighted by atomic mass is 9.99. The molecule has 2 aliphatic heterocycles. The number of rotatable bonds is 10. The van der Waals surface area contributed by atoms with Crippen LogP contribution in [0.1, 0.15) is 94.1 Å². The molecule has 4 aromatic rings. The van der Waals surface area contributed by atoms with Crippen molar-refractivity contribution in [2.75, 3.05) is 23.7 Å². The first kappa shape index (κ1) is 34.7. The molecule has 12 heteroatoms. The van der Waals surface area contributed by atoms with Crippen LogP contribution in [0.3, 0.4) is 0 Å². The van der Waals surface area contributed by atoms with E-state index in [4.69, 9.17) is 23.2 Å². The van der Waals surface area contributed by atoms with E-state index in [2.05, 4.69) is 25.5 Å². The number of benzene rings is 2. The summed E-state index contributed by atoms with van der Waals surface area (Å²) >= 11 is 13.8. The molecule has 3 N–H and O–H groups in total. The predicted octanol–water partition coefficient (Wildman–Crippen LogP) is 7.79. The fourth-order valence-corrected chi connectivity index (χ4v) is 8.14. The minimum Gasteiger partial charge on any atom is -0.480 e. The Balaban J connectivity index is 0.977. The van der Waals surface area contributed by atoms with Crippen LogP contribution in [0, 0.1) is 0 Å². The Morgan fingerprint density at radius 1 is 0.788 bits per heavy atom. The van der Waals surface area contributed by atoms with Gasteiger partial charge < -0.3 is 15.7 Å². The number of pyridine rings is 2. The smallest absolute Gasteiger partial charge is 0.320 e. The zero-order chi connectivity index (χ0) is 35.9. The monoisotopic (exact) mass is 738 g/mol. The zero-order valence-corrected chi connectivity index (χ0v) is 30.2. The summed E-state index contributed by atoms with van der Waals surface area (Å²) in [5, 5.41) is 16.2. The van der Waals surface area contributed by atoms with E-state index >= 15 is 0 Å². The maximum absolute atomic E-state index is 13.6. The van der Waals surface area contributed by atoms with E-state index < -0.39 is 17.9 Å². The Hall–Kier alpha value is -4.35. The van der Waals surface area contributed by atoms with E-state index in [1.54, 1.807) is 30.5 Å². The number of carbonyl (C=O) groups excluding carboxylic acids is 2. The van der Waals surface area contributed by atoms with Gasteiger partial charge in [-0.15, -0.1) is 0 Å². The quantitative estimate of drug-likeness (QED) is 0.151. The predicted molar refractivity (Wildman–Crippen MR) is 201 cm³/mol. The molecule has 1 unspecified atom stereocenters. The highest BCUT2D eigenvalue weighted by Gasteiger charge is 2.33. The number of fused-ring (bicyclic) bond motifs is 1. The summed E-state index contributed by atoms with van der Waals surface area (Å²) in [6.45, 7) is 3.09. The summed E-state index contributed by atoms with van der Waals surface area (Å²) in [5.74, 6) is -1.21. The molecule has 1 saturated heterocycles. The van der Waals surface area contributed by atoms with E-state index in [0.29, 0.717) is 63.2 Å². The Bertz CT molecular complexity index is 2070. The minimum absolute atomic E-state index is 0.263. The lowest BCUT2D eigenvalue weighted by molar-refractivity contribution is -0.144. The number of aromatic nitrogens is 2. The summed E-state index contributed by atoms with van der Waals surface area (Å²) in [6, 6.07) is 14.5. The van der Waals surface area contributed by atoms with Gasteiger partial charge in [-0.25, -0.2) is 0 Å². The van der Waals surface area contributed by atoms with Crippen molar-refractivity contribution in [3.8, 4) is 11.1 Å². The molecule has 3 fully saturated rings. The molecule has 2 aromatic heterocycles. The first-order valence-electron chi connectivity index (χ1n) is 18.1. The Kier molecular flexibility index (Phi) is 9.74. The number of nitrogens with one attached hydrogen (secondary N) is 2. The maximum Gasteiger partial charge on any atom is 0.320 e. The van der Waals surface area contributed by atoms with E-state index in [0.717, 1.165) is 68.4 Å². The van der Waals surface area contributed by atoms with Gasteiger partial charge in [-0.3, -0.25) is 34.2 Å². The molecule has 4 heterocycles. The second-order valence-corrected chi connectivity index (χ2v) is 15.2. The average Bonchev–Trinajstić information content (AvgIpc) is 4.08. The van der Waals surface area contributed by atoms with Crippen molar-refractivity contribution in [1.82, 2.24) is 19.8 Å². The SMILES string of the molecule is O=C(Nc1cccc(-c2cccc(NC(=O)c3cc(C4CC4)c(CN4CCCCC4C(=O)O)cn3)c2Cl)c1Cl)c1cc2c(cn1)CN(C1CC1)CC2. The molecule has 0 radical (unpaired) electrons. The number of carboxylic acids is 1. The fourth-order valence-electron chi connectivity index (χ4n) is 7.59. The van der Waals surface area contributed by atoms with Crippen molar-refractivity contribution in [3.63, 3.8) is 0 Å². The molecule has 4 aliphatic rings. The number of piperidine rings is 1. The summed E-state index contributed by atoms with van der Waals surface area (Å²) in [7, 11) is 0. The van der Waals surface area contributed by atoms with Crippen LogP contribution in [-0.2, 0) is 24.3 Å². The molecule has 2 aromatic carbocycles. The van der Waals surface area contributed by atoms with Crippen molar-refractivity contribution in [3.05, 3.63) is 105 Å². The topological polar surface area (TPSA) is 128 Å². The largest absolute Gasteiger partial charge is 0.480 e. The third-order valence-corrected chi connectivity index (χ3v) is 11.6. The molecule has 1 atom stereocenters. The van der Waals surface area contributed by atoms with Crippen LogP contribution in [0.15, 0.2) is 60.9 Å². The lowest BCUT2D eigenvalue weighted by Crippen LogP contribution is -2.44.